The summed E-state index contributed by atoms with van der Waals surface area (Å²) in [5.74, 6) is 0.354. The van der Waals surface area contributed by atoms with E-state index in [0.717, 1.165) is 23.1 Å². The highest BCUT2D eigenvalue weighted by Crippen LogP contribution is 2.31. The molecule has 1 heterocycles. The number of benzene rings is 3. The zero-order chi connectivity index (χ0) is 18.8. The second-order valence-corrected chi connectivity index (χ2v) is 6.72. The molecule has 0 saturated carbocycles. The van der Waals surface area contributed by atoms with Crippen molar-refractivity contribution in [2.24, 2.45) is 0 Å². The Balaban J connectivity index is 1.55. The Hall–Kier alpha value is -2.98. The van der Waals surface area contributed by atoms with Crippen molar-refractivity contribution in [3.05, 3.63) is 71.8 Å². The molecule has 0 aliphatic carbocycles. The van der Waals surface area contributed by atoms with Crippen LogP contribution in [0, 0.1) is 0 Å². The average Bonchev–Trinajstić information content (AvgIpc) is 2.99. The predicted molar refractivity (Wildman–Crippen MR) is 111 cm³/mol. The van der Waals surface area contributed by atoms with E-state index in [9.17, 15) is 4.79 Å². The van der Waals surface area contributed by atoms with Gasteiger partial charge in [0.15, 0.2) is 6.61 Å². The van der Waals surface area contributed by atoms with Crippen LogP contribution in [0.25, 0.3) is 21.8 Å². The zero-order valence-corrected chi connectivity index (χ0v) is 15.7. The van der Waals surface area contributed by atoms with Crippen LogP contribution >= 0.6 is 11.6 Å². The molecule has 27 heavy (non-hydrogen) atoms. The molecule has 0 bridgehead atoms. The Labute approximate surface area is 162 Å². The van der Waals surface area contributed by atoms with E-state index in [-0.39, 0.29) is 12.5 Å². The average molecular weight is 379 g/mol. The predicted octanol–water partition coefficient (Wildman–Crippen LogP) is 5.49. The summed E-state index contributed by atoms with van der Waals surface area (Å²) in [7, 11) is 0. The number of aryl methyl sites for hydroxylation is 1. The first-order chi connectivity index (χ1) is 13.2. The number of hydrogen-bond donors (Lipinski definition) is 1. The van der Waals surface area contributed by atoms with Crippen molar-refractivity contribution in [3.63, 3.8) is 0 Å². The molecule has 1 aromatic heterocycles. The maximum absolute atomic E-state index is 12.3. The van der Waals surface area contributed by atoms with Gasteiger partial charge in [-0.3, -0.25) is 4.79 Å². The molecule has 5 heteroatoms. The molecule has 0 spiro atoms. The van der Waals surface area contributed by atoms with Crippen molar-refractivity contribution in [1.29, 1.82) is 0 Å². The van der Waals surface area contributed by atoms with E-state index in [1.54, 1.807) is 24.3 Å². The summed E-state index contributed by atoms with van der Waals surface area (Å²) >= 11 is 5.92. The second kappa shape index (κ2) is 7.33. The Morgan fingerprint density at radius 3 is 2.63 bits per heavy atom. The number of nitrogens with one attached hydrogen (secondary N) is 1. The van der Waals surface area contributed by atoms with Crippen LogP contribution in [0.15, 0.2) is 66.7 Å². The fourth-order valence-corrected chi connectivity index (χ4v) is 3.56. The number of carbonyl (C=O) groups excluding carboxylic acids is 1. The van der Waals surface area contributed by atoms with Gasteiger partial charge < -0.3 is 14.6 Å². The lowest BCUT2D eigenvalue weighted by Crippen LogP contribution is -2.20. The number of ether oxygens (including phenoxy) is 1. The highest BCUT2D eigenvalue weighted by molar-refractivity contribution is 6.30. The first-order valence-electron chi connectivity index (χ1n) is 8.85. The van der Waals surface area contributed by atoms with E-state index in [4.69, 9.17) is 16.3 Å². The molecule has 1 amide bonds. The van der Waals surface area contributed by atoms with Gasteiger partial charge in [0.2, 0.25) is 0 Å². The standard InChI is InChI=1S/C22H19ClN2O2/c1-2-25-20-9-4-3-8-18(20)19-13-16(10-11-21(19)25)24-22(26)14-27-17-7-5-6-15(23)12-17/h3-13H,2,14H2,1H3,(H,24,26). The second-order valence-electron chi connectivity index (χ2n) is 6.29. The molecule has 1 N–H and O–H groups in total. The molecule has 136 valence electrons. The fraction of sp³-hybridized carbons (Fsp3) is 0.136. The van der Waals surface area contributed by atoms with Crippen LogP contribution in [0.2, 0.25) is 5.02 Å². The van der Waals surface area contributed by atoms with Crippen molar-refractivity contribution in [1.82, 2.24) is 4.57 Å². The lowest BCUT2D eigenvalue weighted by molar-refractivity contribution is -0.118. The first kappa shape index (κ1) is 17.4. The van der Waals surface area contributed by atoms with Gasteiger partial charge in [-0.2, -0.15) is 0 Å². The molecule has 0 fully saturated rings. The van der Waals surface area contributed by atoms with E-state index >= 15 is 0 Å². The summed E-state index contributed by atoms with van der Waals surface area (Å²) in [6, 6.07) is 21.3. The van der Waals surface area contributed by atoms with Crippen LogP contribution in [0.4, 0.5) is 5.69 Å². The summed E-state index contributed by atoms with van der Waals surface area (Å²) in [6.07, 6.45) is 0. The number of amides is 1. The van der Waals surface area contributed by atoms with E-state index in [2.05, 4.69) is 28.9 Å². The minimum absolute atomic E-state index is 0.0743. The minimum Gasteiger partial charge on any atom is -0.484 e. The topological polar surface area (TPSA) is 43.3 Å². The number of para-hydroxylation sites is 1. The van der Waals surface area contributed by atoms with E-state index < -0.39 is 0 Å². The molecule has 4 aromatic rings. The SMILES string of the molecule is CCn1c2ccccc2c2cc(NC(=O)COc3cccc(Cl)c3)ccc21. The van der Waals surface area contributed by atoms with Crippen molar-refractivity contribution in [3.8, 4) is 5.75 Å². The molecule has 3 aromatic carbocycles. The molecule has 0 aliphatic rings. The van der Waals surface area contributed by atoms with Gasteiger partial charge in [0.1, 0.15) is 5.75 Å². The largest absolute Gasteiger partial charge is 0.484 e. The van der Waals surface area contributed by atoms with Crippen LogP contribution in [-0.2, 0) is 11.3 Å². The lowest BCUT2D eigenvalue weighted by Gasteiger charge is -2.08. The van der Waals surface area contributed by atoms with Crippen molar-refractivity contribution in [2.45, 2.75) is 13.5 Å². The Morgan fingerprint density at radius 1 is 1.00 bits per heavy atom. The molecule has 0 saturated heterocycles. The Kier molecular flexibility index (Phi) is 4.73. The first-order valence-corrected chi connectivity index (χ1v) is 9.22. The summed E-state index contributed by atoms with van der Waals surface area (Å²) in [6.45, 7) is 2.95. The number of anilines is 1. The third-order valence-corrected chi connectivity index (χ3v) is 4.77. The molecule has 0 radical (unpaired) electrons. The van der Waals surface area contributed by atoms with Gasteiger partial charge >= 0.3 is 0 Å². The van der Waals surface area contributed by atoms with Gasteiger partial charge in [-0.15, -0.1) is 0 Å². The molecule has 0 aliphatic heterocycles. The highest BCUT2D eigenvalue weighted by atomic mass is 35.5. The number of halogens is 1. The van der Waals surface area contributed by atoms with Crippen LogP contribution in [0.5, 0.6) is 5.75 Å². The third kappa shape index (κ3) is 3.49. The quantitative estimate of drug-likeness (QED) is 0.499. The number of rotatable bonds is 5. The molecule has 4 rings (SSSR count). The molecule has 0 atom stereocenters. The summed E-state index contributed by atoms with van der Waals surface area (Å²) in [5, 5.41) is 5.79. The van der Waals surface area contributed by atoms with Crippen LogP contribution in [0.1, 0.15) is 6.92 Å². The maximum Gasteiger partial charge on any atom is 0.262 e. The molecule has 4 nitrogen and oxygen atoms in total. The number of hydrogen-bond acceptors (Lipinski definition) is 2. The smallest absolute Gasteiger partial charge is 0.262 e. The maximum atomic E-state index is 12.3. The summed E-state index contributed by atoms with van der Waals surface area (Å²) < 4.78 is 7.78. The van der Waals surface area contributed by atoms with Crippen LogP contribution in [-0.4, -0.2) is 17.1 Å². The van der Waals surface area contributed by atoms with Gasteiger partial charge in [-0.05, 0) is 49.4 Å². The van der Waals surface area contributed by atoms with E-state index in [0.29, 0.717) is 10.8 Å². The highest BCUT2D eigenvalue weighted by Gasteiger charge is 2.11. The number of carbonyl (C=O) groups is 1. The normalized spacial score (nSPS) is 11.0. The van der Waals surface area contributed by atoms with Crippen LogP contribution in [0.3, 0.4) is 0 Å². The van der Waals surface area contributed by atoms with E-state index in [1.165, 1.54) is 10.9 Å². The molecular formula is C22H19ClN2O2. The minimum atomic E-state index is -0.214. The van der Waals surface area contributed by atoms with Gasteiger partial charge in [0, 0.05) is 39.1 Å². The number of aromatic nitrogens is 1. The van der Waals surface area contributed by atoms with Crippen molar-refractivity contribution < 1.29 is 9.53 Å². The van der Waals surface area contributed by atoms with Crippen molar-refractivity contribution >= 4 is 45.0 Å². The summed E-state index contributed by atoms with van der Waals surface area (Å²) in [5.41, 5.74) is 3.11. The van der Waals surface area contributed by atoms with Crippen molar-refractivity contribution in [2.75, 3.05) is 11.9 Å². The third-order valence-electron chi connectivity index (χ3n) is 4.54. The van der Waals surface area contributed by atoms with E-state index in [1.807, 2.05) is 30.3 Å². The summed E-state index contributed by atoms with van der Waals surface area (Å²) in [4.78, 5) is 12.3. The molecule has 0 unspecified atom stereocenters. The van der Waals surface area contributed by atoms with Gasteiger partial charge in [-0.1, -0.05) is 35.9 Å². The lowest BCUT2D eigenvalue weighted by atomic mass is 10.1. The Morgan fingerprint density at radius 2 is 1.81 bits per heavy atom. The van der Waals surface area contributed by atoms with Gasteiger partial charge in [0.25, 0.3) is 5.91 Å². The fourth-order valence-electron chi connectivity index (χ4n) is 3.37. The van der Waals surface area contributed by atoms with Crippen LogP contribution < -0.4 is 10.1 Å². The Bertz CT molecular complexity index is 1130. The van der Waals surface area contributed by atoms with Gasteiger partial charge in [0.05, 0.1) is 0 Å². The number of fused-ring (bicyclic) bond motifs is 3. The zero-order valence-electron chi connectivity index (χ0n) is 14.9. The molecular weight excluding hydrogens is 360 g/mol. The van der Waals surface area contributed by atoms with Gasteiger partial charge in [-0.25, -0.2) is 0 Å². The monoisotopic (exact) mass is 378 g/mol. The number of nitrogens with zero attached hydrogens (tertiary/aromatic N) is 1.